The smallest absolute Gasteiger partial charge is 0.144 e. The summed E-state index contributed by atoms with van der Waals surface area (Å²) in [6.07, 6.45) is 3.02. The zero-order valence-electron chi connectivity index (χ0n) is 16.7. The average Bonchev–Trinajstić information content (AvgIpc) is 3.26. The minimum Gasteiger partial charge on any atom is -0.455 e. The second kappa shape index (κ2) is 6.18. The van der Waals surface area contributed by atoms with E-state index in [1.54, 1.807) is 11.3 Å². The van der Waals surface area contributed by atoms with Gasteiger partial charge in [0.1, 0.15) is 11.2 Å². The van der Waals surface area contributed by atoms with Crippen LogP contribution >= 0.6 is 11.3 Å². The molecule has 5 aromatic rings. The molecule has 2 nitrogen and oxygen atoms in total. The van der Waals surface area contributed by atoms with Gasteiger partial charge >= 0.3 is 0 Å². The van der Waals surface area contributed by atoms with Crippen molar-refractivity contribution >= 4 is 43.4 Å². The van der Waals surface area contributed by atoms with E-state index in [4.69, 9.17) is 9.40 Å². The molecule has 0 bridgehead atoms. The van der Waals surface area contributed by atoms with Gasteiger partial charge in [-0.3, -0.25) is 4.98 Å². The number of fused-ring (bicyclic) bond motifs is 5. The number of para-hydroxylation sites is 1. The summed E-state index contributed by atoms with van der Waals surface area (Å²) >= 11 is 1.75. The third-order valence-corrected chi connectivity index (χ3v) is 6.19. The minimum absolute atomic E-state index is 0.235. The van der Waals surface area contributed by atoms with Crippen LogP contribution in [0.1, 0.15) is 31.9 Å². The Morgan fingerprint density at radius 2 is 1.79 bits per heavy atom. The maximum absolute atomic E-state index is 6.45. The Labute approximate surface area is 168 Å². The Bertz CT molecular complexity index is 1330. The van der Waals surface area contributed by atoms with Crippen molar-refractivity contribution < 1.29 is 4.42 Å². The molecule has 0 fully saturated rings. The Morgan fingerprint density at radius 3 is 2.61 bits per heavy atom. The Balaban J connectivity index is 1.75. The molecule has 0 spiro atoms. The number of hydrogen-bond acceptors (Lipinski definition) is 3. The van der Waals surface area contributed by atoms with Gasteiger partial charge in [0.15, 0.2) is 0 Å². The first kappa shape index (κ1) is 17.4. The zero-order chi connectivity index (χ0) is 19.5. The number of aryl methyl sites for hydroxylation is 1. The number of furan rings is 1. The van der Waals surface area contributed by atoms with Crippen LogP contribution in [0.25, 0.3) is 43.3 Å². The van der Waals surface area contributed by atoms with Gasteiger partial charge in [0, 0.05) is 32.6 Å². The standard InChI is InChI=1S/C25H23NOS/c1-15-14-26-21(12-16(15)13-25(2,3)4)19-7-5-6-17-18-8-9-22-20(10-11-28-22)24(18)27-23(17)19/h5-12,14H,13H2,1-4H3. The second-order valence-electron chi connectivity index (χ2n) is 8.79. The van der Waals surface area contributed by atoms with Gasteiger partial charge in [0.05, 0.1) is 5.69 Å². The minimum atomic E-state index is 0.235. The van der Waals surface area contributed by atoms with Crippen LogP contribution in [0, 0.1) is 12.3 Å². The molecule has 0 saturated carbocycles. The fourth-order valence-electron chi connectivity index (χ4n) is 3.98. The third kappa shape index (κ3) is 2.82. The lowest BCUT2D eigenvalue weighted by molar-refractivity contribution is 0.410. The van der Waals surface area contributed by atoms with Crippen molar-refractivity contribution in [2.24, 2.45) is 5.41 Å². The maximum atomic E-state index is 6.45. The number of rotatable bonds is 2. The fourth-order valence-corrected chi connectivity index (χ4v) is 4.76. The van der Waals surface area contributed by atoms with Gasteiger partial charge in [-0.25, -0.2) is 0 Å². The molecular formula is C25H23NOS. The molecule has 28 heavy (non-hydrogen) atoms. The lowest BCUT2D eigenvalue weighted by Gasteiger charge is -2.20. The molecule has 0 unspecified atom stereocenters. The van der Waals surface area contributed by atoms with E-state index in [-0.39, 0.29) is 5.41 Å². The predicted molar refractivity (Wildman–Crippen MR) is 120 cm³/mol. The number of thiophene rings is 1. The van der Waals surface area contributed by atoms with Gasteiger partial charge in [-0.1, -0.05) is 32.9 Å². The molecule has 2 aromatic carbocycles. The number of aromatic nitrogens is 1. The summed E-state index contributed by atoms with van der Waals surface area (Å²) in [7, 11) is 0. The van der Waals surface area contributed by atoms with Crippen molar-refractivity contribution in [1.29, 1.82) is 0 Å². The van der Waals surface area contributed by atoms with Crippen LogP contribution in [0.2, 0.25) is 0 Å². The van der Waals surface area contributed by atoms with Crippen molar-refractivity contribution in [2.45, 2.75) is 34.1 Å². The molecule has 140 valence electrons. The second-order valence-corrected chi connectivity index (χ2v) is 9.74. The highest BCUT2D eigenvalue weighted by Crippen LogP contribution is 2.39. The molecule has 3 heteroatoms. The quantitative estimate of drug-likeness (QED) is 0.310. The van der Waals surface area contributed by atoms with Gasteiger partial charge in [0.2, 0.25) is 0 Å². The summed E-state index contributed by atoms with van der Waals surface area (Å²) in [5.41, 5.74) is 6.78. The molecule has 5 rings (SSSR count). The zero-order valence-corrected chi connectivity index (χ0v) is 17.5. The topological polar surface area (TPSA) is 26.0 Å². The number of nitrogens with zero attached hydrogens (tertiary/aromatic N) is 1. The normalized spacial score (nSPS) is 12.4. The van der Waals surface area contributed by atoms with E-state index in [1.807, 2.05) is 6.20 Å². The van der Waals surface area contributed by atoms with Crippen LogP contribution in [0.4, 0.5) is 0 Å². The molecule has 0 aliphatic rings. The SMILES string of the molecule is Cc1cnc(-c2cccc3c2oc2c4ccsc4ccc32)cc1CC(C)(C)C. The first-order valence-corrected chi connectivity index (χ1v) is 10.6. The van der Waals surface area contributed by atoms with E-state index >= 15 is 0 Å². The highest BCUT2D eigenvalue weighted by atomic mass is 32.1. The average molecular weight is 386 g/mol. The van der Waals surface area contributed by atoms with Crippen LogP contribution in [-0.4, -0.2) is 4.98 Å². The van der Waals surface area contributed by atoms with Gasteiger partial charge < -0.3 is 4.42 Å². The number of benzene rings is 2. The Hall–Kier alpha value is -2.65. The molecule has 0 radical (unpaired) electrons. The molecule has 0 aliphatic carbocycles. The van der Waals surface area contributed by atoms with E-state index in [0.717, 1.165) is 34.2 Å². The summed E-state index contributed by atoms with van der Waals surface area (Å²) in [6, 6.07) is 15.1. The van der Waals surface area contributed by atoms with Crippen LogP contribution in [0.15, 0.2) is 58.5 Å². The summed E-state index contributed by atoms with van der Waals surface area (Å²) in [5, 5.41) is 5.64. The predicted octanol–water partition coefficient (Wildman–Crippen LogP) is 7.76. The molecule has 0 aliphatic heterocycles. The van der Waals surface area contributed by atoms with Gasteiger partial charge in [0.25, 0.3) is 0 Å². The molecule has 3 aromatic heterocycles. The van der Waals surface area contributed by atoms with E-state index in [2.05, 4.69) is 75.5 Å². The van der Waals surface area contributed by atoms with Crippen LogP contribution in [0.3, 0.4) is 0 Å². The lowest BCUT2D eigenvalue weighted by atomic mass is 9.86. The highest BCUT2D eigenvalue weighted by molar-refractivity contribution is 7.17. The van der Waals surface area contributed by atoms with Gasteiger partial charge in [-0.05, 0) is 65.6 Å². The Morgan fingerprint density at radius 1 is 0.964 bits per heavy atom. The third-order valence-electron chi connectivity index (χ3n) is 5.31. The van der Waals surface area contributed by atoms with Crippen molar-refractivity contribution in [3.63, 3.8) is 0 Å². The summed E-state index contributed by atoms with van der Waals surface area (Å²) in [6.45, 7) is 8.97. The summed E-state index contributed by atoms with van der Waals surface area (Å²) in [4.78, 5) is 4.75. The highest BCUT2D eigenvalue weighted by Gasteiger charge is 2.18. The van der Waals surface area contributed by atoms with Crippen LogP contribution in [-0.2, 0) is 6.42 Å². The monoisotopic (exact) mass is 385 g/mol. The van der Waals surface area contributed by atoms with Crippen molar-refractivity contribution in [3.8, 4) is 11.3 Å². The number of hydrogen-bond donors (Lipinski definition) is 0. The lowest BCUT2D eigenvalue weighted by Crippen LogP contribution is -2.10. The largest absolute Gasteiger partial charge is 0.455 e. The van der Waals surface area contributed by atoms with E-state index < -0.39 is 0 Å². The van der Waals surface area contributed by atoms with Crippen LogP contribution in [0.5, 0.6) is 0 Å². The molecule has 3 heterocycles. The van der Waals surface area contributed by atoms with Crippen molar-refractivity contribution in [1.82, 2.24) is 4.98 Å². The van der Waals surface area contributed by atoms with Crippen molar-refractivity contribution in [2.75, 3.05) is 0 Å². The Kier molecular flexibility index (Phi) is 3.85. The van der Waals surface area contributed by atoms with Crippen molar-refractivity contribution in [3.05, 3.63) is 65.2 Å². The summed E-state index contributed by atoms with van der Waals surface area (Å²) < 4.78 is 7.71. The summed E-state index contributed by atoms with van der Waals surface area (Å²) in [5.74, 6) is 0. The molecule has 0 amide bonds. The van der Waals surface area contributed by atoms with Gasteiger partial charge in [-0.2, -0.15) is 0 Å². The van der Waals surface area contributed by atoms with E-state index in [0.29, 0.717) is 0 Å². The number of pyridine rings is 1. The molecule has 0 N–H and O–H groups in total. The van der Waals surface area contributed by atoms with Crippen LogP contribution < -0.4 is 0 Å². The van der Waals surface area contributed by atoms with E-state index in [1.165, 1.54) is 26.6 Å². The fraction of sp³-hybridized carbons (Fsp3) is 0.240. The first-order chi connectivity index (χ1) is 13.4. The maximum Gasteiger partial charge on any atom is 0.144 e. The van der Waals surface area contributed by atoms with Gasteiger partial charge in [-0.15, -0.1) is 11.3 Å². The van der Waals surface area contributed by atoms with E-state index in [9.17, 15) is 0 Å². The molecular weight excluding hydrogens is 362 g/mol. The first-order valence-electron chi connectivity index (χ1n) is 9.68. The molecule has 0 atom stereocenters. The molecule has 0 saturated heterocycles.